The van der Waals surface area contributed by atoms with Gasteiger partial charge in [-0.05, 0) is 51.3 Å². The average Bonchev–Trinajstić information content (AvgIpc) is 3.68. The maximum Gasteiger partial charge on any atom is 0.265 e. The van der Waals surface area contributed by atoms with Crippen molar-refractivity contribution in [1.82, 2.24) is 30.6 Å². The largest absolute Gasteiger partial charge is 0.397 e. The van der Waals surface area contributed by atoms with E-state index in [9.17, 15) is 9.70 Å². The lowest BCUT2D eigenvalue weighted by atomic mass is 10.1. The van der Waals surface area contributed by atoms with Crippen LogP contribution in [0.2, 0.25) is 25.4 Å². The second-order valence-electron chi connectivity index (χ2n) is 11.8. The third-order valence-electron chi connectivity index (χ3n) is 6.90. The fourth-order valence-electron chi connectivity index (χ4n) is 4.70. The second-order valence-corrected chi connectivity index (χ2v) is 16.7. The van der Waals surface area contributed by atoms with E-state index in [1.165, 1.54) is 11.3 Å². The van der Waals surface area contributed by atoms with Gasteiger partial charge in [-0.25, -0.2) is 5.10 Å². The Balaban J connectivity index is 0.000000144. The van der Waals surface area contributed by atoms with Gasteiger partial charge in [-0.2, -0.15) is 5.10 Å². The summed E-state index contributed by atoms with van der Waals surface area (Å²) >= 11 is 34.4. The van der Waals surface area contributed by atoms with Gasteiger partial charge in [0, 0.05) is 33.4 Å². The summed E-state index contributed by atoms with van der Waals surface area (Å²) in [5.74, 6) is 0. The van der Waals surface area contributed by atoms with E-state index in [0.717, 1.165) is 56.1 Å². The number of aromatic amines is 1. The molecule has 0 unspecified atom stereocenters. The van der Waals surface area contributed by atoms with Gasteiger partial charge in [-0.15, -0.1) is 59.7 Å². The fourth-order valence-corrected chi connectivity index (χ4v) is 8.85. The first-order chi connectivity index (χ1) is 25.7. The number of nitrogens with two attached hydrogens (primary N) is 1. The summed E-state index contributed by atoms with van der Waals surface area (Å²) in [5, 5.41) is 29.3. The lowest BCUT2D eigenvalue weighted by molar-refractivity contribution is -0.00230. The predicted molar refractivity (Wildman–Crippen MR) is 228 cm³/mol. The van der Waals surface area contributed by atoms with Crippen LogP contribution in [0.4, 0.5) is 5.69 Å². The summed E-state index contributed by atoms with van der Waals surface area (Å²) in [4.78, 5) is 25.7. The minimum absolute atomic E-state index is 0.190. The zero-order valence-corrected chi connectivity index (χ0v) is 34.8. The summed E-state index contributed by atoms with van der Waals surface area (Å²) in [6.07, 6.45) is 1.95. The minimum atomic E-state index is -0.429. The number of thioether (sulfide) groups is 1. The standard InChI is InChI=1S/C11H9Cl2N3S.C10H4Cl2N2S.C10H5ClN2OS.C4H9NO2/c1-17-11-6(3-2-4-7(11)12)10-8(14)5-9(13)15-16-10;11-6-3-1-2-5-9-7(15-10(5)6)4-8(12)13-14-9;11-6-3-1-2-5-9-7(15-10(5)6)4-8(14)12-13-9;1-4(2,3)7-5-6/h2-5H,1H3,(H2,14,15);1-4H;1-4H,(H,12,14);1-3H3. The predicted octanol–water partition coefficient (Wildman–Crippen LogP) is 12.2. The van der Waals surface area contributed by atoms with Crippen molar-refractivity contribution in [3.05, 3.63) is 113 Å². The molecule has 5 aromatic heterocycles. The molecule has 0 saturated heterocycles. The highest BCUT2D eigenvalue weighted by atomic mass is 35.5. The van der Waals surface area contributed by atoms with E-state index in [0.29, 0.717) is 26.6 Å². The Bertz CT molecular complexity index is 2670. The van der Waals surface area contributed by atoms with Crippen LogP contribution in [0.5, 0.6) is 0 Å². The Morgan fingerprint density at radius 1 is 0.759 bits per heavy atom. The quantitative estimate of drug-likeness (QED) is 0.0992. The molecule has 8 rings (SSSR count). The molecule has 0 bridgehead atoms. The summed E-state index contributed by atoms with van der Waals surface area (Å²) in [6, 6.07) is 22.0. The molecule has 19 heteroatoms. The number of H-pyrrole nitrogens is 1. The number of fused-ring (bicyclic) bond motifs is 6. The number of thiophene rings is 2. The normalized spacial score (nSPS) is 11.0. The van der Waals surface area contributed by atoms with Crippen molar-refractivity contribution < 1.29 is 4.84 Å². The number of hydrogen-bond donors (Lipinski definition) is 2. The third kappa shape index (κ3) is 10.1. The first kappa shape index (κ1) is 41.3. The van der Waals surface area contributed by atoms with E-state index in [2.05, 4.69) is 40.8 Å². The highest BCUT2D eigenvalue weighted by Gasteiger charge is 2.14. The Morgan fingerprint density at radius 3 is 1.89 bits per heavy atom. The van der Waals surface area contributed by atoms with Crippen molar-refractivity contribution >= 4 is 139 Å². The van der Waals surface area contributed by atoms with Crippen molar-refractivity contribution in [2.75, 3.05) is 12.0 Å². The molecule has 0 spiro atoms. The molecule has 0 aliphatic heterocycles. The van der Waals surface area contributed by atoms with Gasteiger partial charge in [0.1, 0.15) is 22.3 Å². The Labute approximate surface area is 345 Å². The van der Waals surface area contributed by atoms with E-state index < -0.39 is 5.60 Å². The molecule has 8 aromatic rings. The number of nitrogen functional groups attached to an aromatic ring is 1. The average molecular weight is 881 g/mol. The van der Waals surface area contributed by atoms with Crippen molar-refractivity contribution in [2.24, 2.45) is 5.34 Å². The highest BCUT2D eigenvalue weighted by Crippen LogP contribution is 2.39. The van der Waals surface area contributed by atoms with Crippen molar-refractivity contribution in [2.45, 2.75) is 31.3 Å². The molecule has 54 heavy (non-hydrogen) atoms. The maximum absolute atomic E-state index is 11.1. The van der Waals surface area contributed by atoms with E-state index in [-0.39, 0.29) is 10.7 Å². The van der Waals surface area contributed by atoms with Crippen LogP contribution in [0.25, 0.3) is 51.9 Å². The summed E-state index contributed by atoms with van der Waals surface area (Å²) in [6.45, 7) is 5.28. The lowest BCUT2D eigenvalue weighted by Gasteiger charge is -2.11. The van der Waals surface area contributed by atoms with Crippen LogP contribution >= 0.6 is 92.4 Å². The van der Waals surface area contributed by atoms with E-state index >= 15 is 0 Å². The highest BCUT2D eigenvalue weighted by molar-refractivity contribution is 7.98. The summed E-state index contributed by atoms with van der Waals surface area (Å²) in [7, 11) is 0. The van der Waals surface area contributed by atoms with Crippen molar-refractivity contribution in [1.29, 1.82) is 0 Å². The van der Waals surface area contributed by atoms with E-state index in [1.54, 1.807) is 56.0 Å². The molecule has 5 heterocycles. The monoisotopic (exact) mass is 878 g/mol. The summed E-state index contributed by atoms with van der Waals surface area (Å²) < 4.78 is 3.88. The number of aromatic nitrogens is 6. The van der Waals surface area contributed by atoms with Gasteiger partial charge < -0.3 is 10.6 Å². The third-order valence-corrected chi connectivity index (χ3v) is 11.8. The van der Waals surface area contributed by atoms with Gasteiger partial charge in [0.15, 0.2) is 15.6 Å². The molecule has 0 aliphatic carbocycles. The van der Waals surface area contributed by atoms with Crippen LogP contribution in [-0.2, 0) is 4.84 Å². The second kappa shape index (κ2) is 18.2. The van der Waals surface area contributed by atoms with Gasteiger partial charge in [0.25, 0.3) is 5.56 Å². The van der Waals surface area contributed by atoms with Crippen molar-refractivity contribution in [3.8, 4) is 11.3 Å². The number of nitrogens with zero attached hydrogens (tertiary/aromatic N) is 6. The van der Waals surface area contributed by atoms with E-state index in [4.69, 9.17) is 63.7 Å². The number of halogens is 5. The number of hydrogen-bond acceptors (Lipinski definition) is 13. The molecule has 11 nitrogen and oxygen atoms in total. The molecule has 278 valence electrons. The molecule has 0 radical (unpaired) electrons. The van der Waals surface area contributed by atoms with Crippen molar-refractivity contribution in [3.63, 3.8) is 0 Å². The fraction of sp³-hybridized carbons (Fsp3) is 0.143. The maximum atomic E-state index is 11.1. The molecule has 0 aliphatic rings. The SMILES string of the molecule is CC(C)(C)ON=O.CSc1c(Cl)cccc1-c1nnc(Cl)cc1N.Clc1cc2sc3c(Cl)cccc3c2nn1.O=c1cc2sc3c(Cl)cccc3c2n[nH]1. The number of benzene rings is 3. The zero-order chi connectivity index (χ0) is 39.2. The molecular weight excluding hydrogens is 854 g/mol. The molecule has 3 aromatic carbocycles. The first-order valence-corrected chi connectivity index (χ1v) is 20.1. The Morgan fingerprint density at radius 2 is 1.31 bits per heavy atom. The number of nitrogens with one attached hydrogen (secondary N) is 1. The molecule has 0 atom stereocenters. The first-order valence-electron chi connectivity index (χ1n) is 15.4. The molecule has 0 amide bonds. The molecule has 0 saturated carbocycles. The minimum Gasteiger partial charge on any atom is -0.397 e. The number of rotatable bonds is 3. The van der Waals surface area contributed by atoms with Gasteiger partial charge in [0.05, 0.1) is 39.6 Å². The Hall–Kier alpha value is -3.86. The zero-order valence-electron chi connectivity index (χ0n) is 28.5. The molecular formula is C35H27Cl5N8O3S3. The van der Waals surface area contributed by atoms with Gasteiger partial charge in [-0.1, -0.05) is 94.4 Å². The van der Waals surface area contributed by atoms with Gasteiger partial charge >= 0.3 is 0 Å². The molecule has 0 fully saturated rings. The van der Waals surface area contributed by atoms with Crippen LogP contribution in [0.1, 0.15) is 20.8 Å². The van der Waals surface area contributed by atoms with Crippen LogP contribution in [-0.4, -0.2) is 42.4 Å². The van der Waals surface area contributed by atoms with Gasteiger partial charge in [-0.3, -0.25) is 4.79 Å². The summed E-state index contributed by atoms with van der Waals surface area (Å²) in [5.41, 5.74) is 8.89. The van der Waals surface area contributed by atoms with Crippen LogP contribution in [0, 0.1) is 4.91 Å². The topological polar surface area (TPSA) is 162 Å². The van der Waals surface area contributed by atoms with Crippen LogP contribution < -0.4 is 11.3 Å². The number of anilines is 1. The molecule has 3 N–H and O–H groups in total. The van der Waals surface area contributed by atoms with E-state index in [1.807, 2.05) is 66.9 Å². The van der Waals surface area contributed by atoms with Crippen LogP contribution in [0.15, 0.2) is 87.8 Å². The van der Waals surface area contributed by atoms with Crippen LogP contribution in [0.3, 0.4) is 0 Å². The van der Waals surface area contributed by atoms with Gasteiger partial charge in [0.2, 0.25) is 0 Å². The Kier molecular flexibility index (Phi) is 13.9. The smallest absolute Gasteiger partial charge is 0.265 e. The lowest BCUT2D eigenvalue weighted by Crippen LogP contribution is -2.14.